The number of halogens is 1. The zero-order chi connectivity index (χ0) is 25.8. The van der Waals surface area contributed by atoms with Gasteiger partial charge >= 0.3 is 6.03 Å². The number of hydrogen-bond donors (Lipinski definition) is 3. The van der Waals surface area contributed by atoms with Crippen molar-refractivity contribution in [3.05, 3.63) is 101 Å². The Balaban J connectivity index is 1.37. The van der Waals surface area contributed by atoms with Crippen molar-refractivity contribution >= 4 is 29.2 Å². The average molecular weight is 515 g/mol. The Morgan fingerprint density at radius 3 is 2.41 bits per heavy atom. The van der Waals surface area contributed by atoms with Crippen LogP contribution in [0.15, 0.2) is 78.9 Å². The smallest absolute Gasteiger partial charge is 0.342 e. The summed E-state index contributed by atoms with van der Waals surface area (Å²) >= 11 is 5.89. The van der Waals surface area contributed by atoms with Gasteiger partial charge in [-0.15, -0.1) is 0 Å². The third-order valence-corrected chi connectivity index (χ3v) is 6.88. The first-order valence-electron chi connectivity index (χ1n) is 12.3. The SMILES string of the molecule is O=C(Nc1ccc(-c2cc(C3CCCC3)n(C(=O)NCc3ccccc3)n2)c(O)c1)c1ccc(Cl)cc1. The molecule has 1 aromatic heterocycles. The lowest BCUT2D eigenvalue weighted by Crippen LogP contribution is -2.30. The number of nitrogens with zero attached hydrogens (tertiary/aromatic N) is 2. The number of carbonyl (C=O) groups is 2. The molecular weight excluding hydrogens is 488 g/mol. The van der Waals surface area contributed by atoms with E-state index >= 15 is 0 Å². The number of carbonyl (C=O) groups excluding carboxylic acids is 2. The third-order valence-electron chi connectivity index (χ3n) is 6.63. The molecule has 0 saturated heterocycles. The van der Waals surface area contributed by atoms with Crippen molar-refractivity contribution in [2.24, 2.45) is 0 Å². The molecule has 4 aromatic rings. The van der Waals surface area contributed by atoms with E-state index in [-0.39, 0.29) is 23.6 Å². The van der Waals surface area contributed by atoms with Crippen molar-refractivity contribution in [1.82, 2.24) is 15.1 Å². The van der Waals surface area contributed by atoms with E-state index in [0.717, 1.165) is 36.9 Å². The average Bonchev–Trinajstić information content (AvgIpc) is 3.59. The monoisotopic (exact) mass is 514 g/mol. The molecule has 188 valence electrons. The summed E-state index contributed by atoms with van der Waals surface area (Å²) in [6.45, 7) is 0.395. The van der Waals surface area contributed by atoms with Gasteiger partial charge in [-0.2, -0.15) is 9.78 Å². The minimum atomic E-state index is -0.313. The first-order valence-corrected chi connectivity index (χ1v) is 12.7. The van der Waals surface area contributed by atoms with Gasteiger partial charge in [0, 0.05) is 40.4 Å². The maximum absolute atomic E-state index is 13.1. The largest absolute Gasteiger partial charge is 0.507 e. The summed E-state index contributed by atoms with van der Waals surface area (Å²) < 4.78 is 1.43. The Bertz CT molecular complexity index is 1410. The summed E-state index contributed by atoms with van der Waals surface area (Å²) in [7, 11) is 0. The minimum Gasteiger partial charge on any atom is -0.507 e. The van der Waals surface area contributed by atoms with E-state index in [2.05, 4.69) is 15.7 Å². The van der Waals surface area contributed by atoms with Crippen LogP contribution in [0, 0.1) is 0 Å². The molecule has 1 aliphatic rings. The lowest BCUT2D eigenvalue weighted by molar-refractivity contribution is 0.102. The van der Waals surface area contributed by atoms with E-state index in [1.54, 1.807) is 36.4 Å². The zero-order valence-electron chi connectivity index (χ0n) is 20.2. The standard InChI is InChI=1S/C29H27ClN4O3/c30-22-12-10-21(11-13-22)28(36)32-23-14-15-24(27(35)16-23)25-17-26(20-8-4-5-9-20)34(33-25)29(37)31-18-19-6-2-1-3-7-19/h1-3,6-7,10-17,20,35H,4-5,8-9,18H2,(H,31,37)(H,32,36). The molecule has 0 spiro atoms. The summed E-state index contributed by atoms with van der Waals surface area (Å²) in [5.74, 6) is -0.114. The Morgan fingerprint density at radius 1 is 0.973 bits per heavy atom. The molecule has 0 atom stereocenters. The van der Waals surface area contributed by atoms with E-state index in [0.29, 0.717) is 34.1 Å². The fourth-order valence-corrected chi connectivity index (χ4v) is 4.81. The number of phenols is 1. The third kappa shape index (κ3) is 5.67. The first kappa shape index (κ1) is 24.6. The van der Waals surface area contributed by atoms with Gasteiger partial charge in [0.1, 0.15) is 5.75 Å². The van der Waals surface area contributed by atoms with E-state index in [1.807, 2.05) is 36.4 Å². The zero-order valence-corrected chi connectivity index (χ0v) is 20.9. The van der Waals surface area contributed by atoms with Gasteiger partial charge in [0.15, 0.2) is 0 Å². The molecule has 3 aromatic carbocycles. The van der Waals surface area contributed by atoms with Crippen LogP contribution in [0.25, 0.3) is 11.3 Å². The number of phenolic OH excluding ortho intramolecular Hbond substituents is 1. The maximum Gasteiger partial charge on any atom is 0.342 e. The molecule has 1 fully saturated rings. The number of nitrogens with one attached hydrogen (secondary N) is 2. The molecule has 3 N–H and O–H groups in total. The van der Waals surface area contributed by atoms with Gasteiger partial charge in [0.2, 0.25) is 0 Å². The molecule has 2 amide bonds. The van der Waals surface area contributed by atoms with Gasteiger partial charge in [-0.3, -0.25) is 4.79 Å². The lowest BCUT2D eigenvalue weighted by Gasteiger charge is -2.12. The lowest BCUT2D eigenvalue weighted by atomic mass is 10.0. The molecule has 0 bridgehead atoms. The van der Waals surface area contributed by atoms with E-state index < -0.39 is 0 Å². The Morgan fingerprint density at radius 2 is 1.70 bits per heavy atom. The molecule has 37 heavy (non-hydrogen) atoms. The van der Waals surface area contributed by atoms with Crippen molar-refractivity contribution < 1.29 is 14.7 Å². The summed E-state index contributed by atoms with van der Waals surface area (Å²) in [6.07, 6.45) is 4.23. The Kier molecular flexibility index (Phi) is 7.23. The highest BCUT2D eigenvalue weighted by Gasteiger charge is 2.26. The molecule has 1 saturated carbocycles. The first-order chi connectivity index (χ1) is 18.0. The number of hydrogen-bond acceptors (Lipinski definition) is 4. The van der Waals surface area contributed by atoms with E-state index in [1.165, 1.54) is 10.7 Å². The van der Waals surface area contributed by atoms with Gasteiger partial charge in [-0.05, 0) is 60.9 Å². The second-order valence-electron chi connectivity index (χ2n) is 9.18. The number of benzene rings is 3. The van der Waals surface area contributed by atoms with Crippen molar-refractivity contribution in [2.75, 3.05) is 5.32 Å². The molecule has 0 unspecified atom stereocenters. The highest BCUT2D eigenvalue weighted by atomic mass is 35.5. The van der Waals surface area contributed by atoms with Crippen LogP contribution in [0.1, 0.15) is 53.2 Å². The Labute approximate surface area is 220 Å². The Hall–Kier alpha value is -4.10. The van der Waals surface area contributed by atoms with Gasteiger partial charge in [0.25, 0.3) is 5.91 Å². The predicted octanol–water partition coefficient (Wildman–Crippen LogP) is 6.58. The van der Waals surface area contributed by atoms with E-state index in [9.17, 15) is 14.7 Å². The summed E-state index contributed by atoms with van der Waals surface area (Å²) in [6, 6.07) is 22.7. The van der Waals surface area contributed by atoms with Crippen molar-refractivity contribution in [1.29, 1.82) is 0 Å². The van der Waals surface area contributed by atoms with Crippen molar-refractivity contribution in [2.45, 2.75) is 38.1 Å². The second kappa shape index (κ2) is 10.9. The quantitative estimate of drug-likeness (QED) is 0.271. The van der Waals surface area contributed by atoms with Crippen LogP contribution in [-0.2, 0) is 6.54 Å². The van der Waals surface area contributed by atoms with Gasteiger partial charge in [0.05, 0.1) is 11.4 Å². The van der Waals surface area contributed by atoms with Crippen LogP contribution in [0.2, 0.25) is 5.02 Å². The number of amides is 2. The number of rotatable bonds is 6. The minimum absolute atomic E-state index is 0.0405. The molecular formula is C29H27ClN4O3. The molecule has 0 aliphatic heterocycles. The molecule has 1 aliphatic carbocycles. The highest BCUT2D eigenvalue weighted by molar-refractivity contribution is 6.30. The summed E-state index contributed by atoms with van der Waals surface area (Å²) in [5.41, 5.74) is 3.73. The topological polar surface area (TPSA) is 96.3 Å². The molecule has 0 radical (unpaired) electrons. The van der Waals surface area contributed by atoms with Crippen molar-refractivity contribution in [3.8, 4) is 17.0 Å². The number of anilines is 1. The predicted molar refractivity (Wildman–Crippen MR) is 144 cm³/mol. The van der Waals surface area contributed by atoms with Crippen LogP contribution < -0.4 is 10.6 Å². The normalized spacial score (nSPS) is 13.4. The molecule has 7 nitrogen and oxygen atoms in total. The van der Waals surface area contributed by atoms with Crippen LogP contribution in [0.3, 0.4) is 0 Å². The van der Waals surface area contributed by atoms with Crippen LogP contribution >= 0.6 is 11.6 Å². The maximum atomic E-state index is 13.1. The highest BCUT2D eigenvalue weighted by Crippen LogP contribution is 2.38. The van der Waals surface area contributed by atoms with Crippen molar-refractivity contribution in [3.63, 3.8) is 0 Å². The molecule has 5 rings (SSSR count). The number of aromatic hydroxyl groups is 1. The fraction of sp³-hybridized carbons (Fsp3) is 0.207. The summed E-state index contributed by atoms with van der Waals surface area (Å²) in [5, 5.41) is 21.7. The van der Waals surface area contributed by atoms with Gasteiger partial charge in [-0.1, -0.05) is 54.8 Å². The van der Waals surface area contributed by atoms with Crippen LogP contribution in [0.4, 0.5) is 10.5 Å². The second-order valence-corrected chi connectivity index (χ2v) is 9.62. The summed E-state index contributed by atoms with van der Waals surface area (Å²) in [4.78, 5) is 25.7. The van der Waals surface area contributed by atoms with E-state index in [4.69, 9.17) is 11.6 Å². The number of aromatic nitrogens is 2. The van der Waals surface area contributed by atoms with Crippen LogP contribution in [-0.4, -0.2) is 26.8 Å². The molecule has 1 heterocycles. The van der Waals surface area contributed by atoms with Crippen LogP contribution in [0.5, 0.6) is 5.75 Å². The van der Waals surface area contributed by atoms with Gasteiger partial charge in [-0.25, -0.2) is 4.79 Å². The van der Waals surface area contributed by atoms with Gasteiger partial charge < -0.3 is 15.7 Å². The fourth-order valence-electron chi connectivity index (χ4n) is 4.68. The molecule has 8 heteroatoms.